The summed E-state index contributed by atoms with van der Waals surface area (Å²) in [5.41, 5.74) is 0.825. The summed E-state index contributed by atoms with van der Waals surface area (Å²) in [5, 5.41) is 3.06. The number of hydrogen-bond donors (Lipinski definition) is 2. The van der Waals surface area contributed by atoms with Crippen LogP contribution in [0, 0.1) is 0 Å². The molecule has 0 amide bonds. The maximum Gasteiger partial charge on any atom is 0.233 e. The molecule has 0 radical (unpaired) electrons. The fourth-order valence-electron chi connectivity index (χ4n) is 1.29. The lowest BCUT2D eigenvalue weighted by Gasteiger charge is -2.08. The van der Waals surface area contributed by atoms with E-state index >= 15 is 0 Å². The van der Waals surface area contributed by atoms with E-state index in [0.29, 0.717) is 18.8 Å². The van der Waals surface area contributed by atoms with Gasteiger partial charge < -0.3 is 5.32 Å². The van der Waals surface area contributed by atoms with E-state index in [9.17, 15) is 8.42 Å². The Morgan fingerprint density at radius 1 is 1.44 bits per heavy atom. The van der Waals surface area contributed by atoms with Gasteiger partial charge in [-0.1, -0.05) is 19.4 Å². The molecule has 18 heavy (non-hydrogen) atoms. The topological polar surface area (TPSA) is 71.1 Å². The van der Waals surface area contributed by atoms with Crippen molar-refractivity contribution in [2.45, 2.75) is 19.8 Å². The van der Waals surface area contributed by atoms with Crippen LogP contribution >= 0.6 is 0 Å². The van der Waals surface area contributed by atoms with Crippen molar-refractivity contribution in [2.75, 3.05) is 22.3 Å². The number of nitrogens with one attached hydrogen (secondary N) is 2. The van der Waals surface area contributed by atoms with Crippen molar-refractivity contribution >= 4 is 21.5 Å². The van der Waals surface area contributed by atoms with Crippen molar-refractivity contribution in [3.63, 3.8) is 0 Å². The Morgan fingerprint density at radius 2 is 2.22 bits per heavy atom. The first kappa shape index (κ1) is 14.5. The molecule has 6 heteroatoms. The van der Waals surface area contributed by atoms with Gasteiger partial charge in [0.1, 0.15) is 5.82 Å². The summed E-state index contributed by atoms with van der Waals surface area (Å²) in [7, 11) is -3.28. The van der Waals surface area contributed by atoms with Gasteiger partial charge in [0.05, 0.1) is 17.6 Å². The predicted octanol–water partition coefficient (Wildman–Crippen LogP) is 2.22. The van der Waals surface area contributed by atoms with Gasteiger partial charge in [-0.05, 0) is 18.6 Å². The molecule has 0 atom stereocenters. The zero-order chi connectivity index (χ0) is 13.4. The molecule has 0 unspecified atom stereocenters. The maximum atomic E-state index is 11.6. The minimum absolute atomic E-state index is 0.127. The Kier molecular flexibility index (Phi) is 5.64. The number of pyridine rings is 1. The van der Waals surface area contributed by atoms with E-state index in [-0.39, 0.29) is 5.75 Å². The van der Waals surface area contributed by atoms with E-state index in [4.69, 9.17) is 0 Å². The maximum absolute atomic E-state index is 11.6. The Bertz CT molecular complexity index is 469. The van der Waals surface area contributed by atoms with Crippen LogP contribution in [-0.2, 0) is 10.0 Å². The summed E-state index contributed by atoms with van der Waals surface area (Å²) in [6, 6.07) is 3.41. The second-order valence-electron chi connectivity index (χ2n) is 3.88. The summed E-state index contributed by atoms with van der Waals surface area (Å²) in [5.74, 6) is 0.469. The smallest absolute Gasteiger partial charge is 0.233 e. The third kappa shape index (κ3) is 5.18. The van der Waals surface area contributed by atoms with Crippen molar-refractivity contribution in [2.24, 2.45) is 0 Å². The van der Waals surface area contributed by atoms with Crippen LogP contribution < -0.4 is 10.0 Å². The van der Waals surface area contributed by atoms with Crippen molar-refractivity contribution < 1.29 is 8.42 Å². The first-order valence-corrected chi connectivity index (χ1v) is 7.54. The lowest BCUT2D eigenvalue weighted by Crippen LogP contribution is -2.17. The normalized spacial score (nSPS) is 10.9. The molecule has 0 spiro atoms. The third-order valence-electron chi connectivity index (χ3n) is 2.24. The van der Waals surface area contributed by atoms with Crippen LogP contribution in [0.25, 0.3) is 0 Å². The molecule has 0 saturated heterocycles. The minimum atomic E-state index is -3.28. The average Bonchev–Trinajstić information content (AvgIpc) is 2.35. The van der Waals surface area contributed by atoms with Crippen molar-refractivity contribution in [1.29, 1.82) is 0 Å². The van der Waals surface area contributed by atoms with Gasteiger partial charge in [-0.3, -0.25) is 4.72 Å². The molecule has 0 aliphatic carbocycles. The third-order valence-corrected chi connectivity index (χ3v) is 3.59. The Balaban J connectivity index is 2.60. The highest BCUT2D eigenvalue weighted by Crippen LogP contribution is 2.11. The highest BCUT2D eigenvalue weighted by molar-refractivity contribution is 7.92. The lowest BCUT2D eigenvalue weighted by atomic mass is 10.4. The van der Waals surface area contributed by atoms with E-state index in [1.54, 1.807) is 24.4 Å². The molecule has 5 nitrogen and oxygen atoms in total. The van der Waals surface area contributed by atoms with Gasteiger partial charge in [0.25, 0.3) is 0 Å². The molecule has 0 saturated carbocycles. The van der Waals surface area contributed by atoms with Crippen LogP contribution in [0.2, 0.25) is 0 Å². The molecule has 0 bridgehead atoms. The largest absolute Gasteiger partial charge is 0.380 e. The summed E-state index contributed by atoms with van der Waals surface area (Å²) in [6.45, 7) is 6.19. The summed E-state index contributed by atoms with van der Waals surface area (Å²) < 4.78 is 25.7. The number of anilines is 2. The van der Waals surface area contributed by atoms with Gasteiger partial charge in [-0.15, -0.1) is 6.58 Å². The number of rotatable bonds is 8. The molecule has 1 heterocycles. The number of nitrogens with zero attached hydrogens (tertiary/aromatic N) is 1. The Hall–Kier alpha value is -1.56. The van der Waals surface area contributed by atoms with E-state index in [2.05, 4.69) is 21.6 Å². The summed E-state index contributed by atoms with van der Waals surface area (Å²) in [4.78, 5) is 4.04. The lowest BCUT2D eigenvalue weighted by molar-refractivity contribution is 0.597. The Morgan fingerprint density at radius 3 is 2.78 bits per heavy atom. The van der Waals surface area contributed by atoms with Gasteiger partial charge in [0.2, 0.25) is 10.0 Å². The second-order valence-corrected chi connectivity index (χ2v) is 5.72. The summed E-state index contributed by atoms with van der Waals surface area (Å²) in [6.07, 6.45) is 4.82. The molecule has 0 aliphatic heterocycles. The molecule has 1 aromatic rings. The molecule has 2 N–H and O–H groups in total. The Labute approximate surface area is 108 Å². The fourth-order valence-corrected chi connectivity index (χ4v) is 2.50. The predicted molar refractivity (Wildman–Crippen MR) is 75.2 cm³/mol. The minimum Gasteiger partial charge on any atom is -0.380 e. The molecule has 1 rings (SSSR count). The molecule has 1 aromatic heterocycles. The first-order valence-electron chi connectivity index (χ1n) is 5.88. The zero-order valence-corrected chi connectivity index (χ0v) is 11.3. The van der Waals surface area contributed by atoms with Crippen LogP contribution in [0.3, 0.4) is 0 Å². The number of sulfonamides is 1. The fraction of sp³-hybridized carbons (Fsp3) is 0.417. The highest BCUT2D eigenvalue weighted by Gasteiger charge is 2.09. The summed E-state index contributed by atoms with van der Waals surface area (Å²) >= 11 is 0. The molecule has 0 aliphatic rings. The molecular weight excluding hydrogens is 250 g/mol. The van der Waals surface area contributed by atoms with Crippen LogP contribution in [0.4, 0.5) is 11.5 Å². The van der Waals surface area contributed by atoms with Crippen molar-refractivity contribution in [3.05, 3.63) is 31.0 Å². The van der Waals surface area contributed by atoms with Gasteiger partial charge in [0, 0.05) is 6.54 Å². The van der Waals surface area contributed by atoms with Crippen LogP contribution in [0.1, 0.15) is 19.8 Å². The highest BCUT2D eigenvalue weighted by atomic mass is 32.2. The monoisotopic (exact) mass is 269 g/mol. The van der Waals surface area contributed by atoms with Crippen molar-refractivity contribution in [3.8, 4) is 0 Å². The van der Waals surface area contributed by atoms with Gasteiger partial charge in [-0.2, -0.15) is 0 Å². The molecule has 0 aromatic carbocycles. The van der Waals surface area contributed by atoms with Gasteiger partial charge >= 0.3 is 0 Å². The van der Waals surface area contributed by atoms with Crippen LogP contribution in [-0.4, -0.2) is 25.7 Å². The molecule has 0 fully saturated rings. The molecular formula is C12H19N3O2S. The van der Waals surface area contributed by atoms with E-state index in [0.717, 1.165) is 12.1 Å². The van der Waals surface area contributed by atoms with E-state index < -0.39 is 10.0 Å². The zero-order valence-electron chi connectivity index (χ0n) is 10.5. The number of aromatic nitrogens is 1. The standard InChI is InChI=1S/C12H19N3O2S/c1-3-5-9-18(16,17)15-12-7-6-11(10-14-12)13-8-4-2/h4,6-7,10,13H,2-3,5,8-9H2,1H3,(H,14,15). The van der Waals surface area contributed by atoms with Crippen molar-refractivity contribution in [1.82, 2.24) is 4.98 Å². The van der Waals surface area contributed by atoms with Crippen LogP contribution in [0.15, 0.2) is 31.0 Å². The average molecular weight is 269 g/mol. The van der Waals surface area contributed by atoms with Gasteiger partial charge in [0.15, 0.2) is 0 Å². The number of hydrogen-bond acceptors (Lipinski definition) is 4. The molecule has 100 valence electrons. The van der Waals surface area contributed by atoms with Gasteiger partial charge in [-0.25, -0.2) is 13.4 Å². The van der Waals surface area contributed by atoms with E-state index in [1.807, 2.05) is 6.92 Å². The van der Waals surface area contributed by atoms with Crippen LogP contribution in [0.5, 0.6) is 0 Å². The number of unbranched alkanes of at least 4 members (excludes halogenated alkanes) is 1. The first-order chi connectivity index (χ1) is 8.57. The SMILES string of the molecule is C=CCNc1ccc(NS(=O)(=O)CCCC)nc1. The quantitative estimate of drug-likeness (QED) is 0.710. The second kappa shape index (κ2) is 7.00. The van der Waals surface area contributed by atoms with E-state index in [1.165, 1.54) is 0 Å².